The van der Waals surface area contributed by atoms with Gasteiger partial charge in [0.2, 0.25) is 0 Å². The monoisotopic (exact) mass is 269 g/mol. The lowest BCUT2D eigenvalue weighted by Gasteiger charge is -2.03. The molecule has 0 atom stereocenters. The molecule has 0 unspecified atom stereocenters. The zero-order valence-corrected chi connectivity index (χ0v) is 10.4. The van der Waals surface area contributed by atoms with Gasteiger partial charge < -0.3 is 4.98 Å². The highest BCUT2D eigenvalue weighted by molar-refractivity contribution is 5.75. The van der Waals surface area contributed by atoms with Gasteiger partial charge in [-0.2, -0.15) is 0 Å². The predicted octanol–water partition coefficient (Wildman–Crippen LogP) is 2.29. The summed E-state index contributed by atoms with van der Waals surface area (Å²) in [6, 6.07) is 13.6. The molecule has 2 aromatic carbocycles. The first-order chi connectivity index (χ1) is 9.65. The highest BCUT2D eigenvalue weighted by atomic mass is 16.6. The smallest absolute Gasteiger partial charge is 0.306 e. The van der Waals surface area contributed by atoms with E-state index >= 15 is 0 Å². The number of hydrogen-bond donors (Lipinski definition) is 1. The lowest BCUT2D eigenvalue weighted by molar-refractivity contribution is -0.384. The van der Waals surface area contributed by atoms with Gasteiger partial charge >= 0.3 is 5.69 Å². The standard InChI is InChI=1S/C14H11N3O3/c18-14-15-12-3-1-2-4-13(12)16(14)9-10-5-7-11(8-6-10)17(19)20/h1-8H,9H2,(H,15,18). The van der Waals surface area contributed by atoms with Crippen LogP contribution in [-0.2, 0) is 6.54 Å². The van der Waals surface area contributed by atoms with Crippen molar-refractivity contribution < 1.29 is 4.92 Å². The number of nitro benzene ring substituents is 1. The first-order valence-corrected chi connectivity index (χ1v) is 6.06. The van der Waals surface area contributed by atoms with E-state index in [0.29, 0.717) is 6.54 Å². The molecule has 0 bridgehead atoms. The Morgan fingerprint density at radius 2 is 1.80 bits per heavy atom. The molecular weight excluding hydrogens is 258 g/mol. The molecule has 0 amide bonds. The Kier molecular flexibility index (Phi) is 2.83. The molecule has 100 valence electrons. The van der Waals surface area contributed by atoms with Gasteiger partial charge in [0.15, 0.2) is 0 Å². The summed E-state index contributed by atoms with van der Waals surface area (Å²) in [5.41, 5.74) is 2.28. The van der Waals surface area contributed by atoms with Gasteiger partial charge in [0.25, 0.3) is 5.69 Å². The van der Waals surface area contributed by atoms with Crippen LogP contribution in [0.5, 0.6) is 0 Å². The lowest BCUT2D eigenvalue weighted by Crippen LogP contribution is -2.17. The molecule has 6 nitrogen and oxygen atoms in total. The number of para-hydroxylation sites is 2. The molecule has 0 fully saturated rings. The number of non-ortho nitro benzene ring substituents is 1. The van der Waals surface area contributed by atoms with Gasteiger partial charge in [0, 0.05) is 12.1 Å². The van der Waals surface area contributed by atoms with Crippen LogP contribution in [0.3, 0.4) is 0 Å². The minimum atomic E-state index is -0.443. The molecule has 0 aliphatic carbocycles. The first kappa shape index (κ1) is 12.2. The maximum atomic E-state index is 11.9. The number of benzene rings is 2. The van der Waals surface area contributed by atoms with Crippen LogP contribution < -0.4 is 5.69 Å². The summed E-state index contributed by atoms with van der Waals surface area (Å²) in [5, 5.41) is 10.6. The lowest BCUT2D eigenvalue weighted by atomic mass is 10.2. The van der Waals surface area contributed by atoms with Gasteiger partial charge in [0.1, 0.15) is 0 Å². The molecule has 0 spiro atoms. The Morgan fingerprint density at radius 1 is 1.10 bits per heavy atom. The molecule has 1 aromatic heterocycles. The van der Waals surface area contributed by atoms with Crippen molar-refractivity contribution in [3.8, 4) is 0 Å². The number of rotatable bonds is 3. The maximum Gasteiger partial charge on any atom is 0.326 e. The molecular formula is C14H11N3O3. The van der Waals surface area contributed by atoms with Crippen molar-refractivity contribution in [2.45, 2.75) is 6.54 Å². The molecule has 0 radical (unpaired) electrons. The maximum absolute atomic E-state index is 11.9. The van der Waals surface area contributed by atoms with E-state index in [1.807, 2.05) is 24.3 Å². The number of hydrogen-bond acceptors (Lipinski definition) is 3. The van der Waals surface area contributed by atoms with Crippen LogP contribution in [-0.4, -0.2) is 14.5 Å². The second-order valence-corrected chi connectivity index (χ2v) is 4.46. The minimum absolute atomic E-state index is 0.0417. The minimum Gasteiger partial charge on any atom is -0.306 e. The van der Waals surface area contributed by atoms with Crippen molar-refractivity contribution in [2.75, 3.05) is 0 Å². The number of aromatic amines is 1. The topological polar surface area (TPSA) is 80.9 Å². The van der Waals surface area contributed by atoms with Crippen LogP contribution in [0.15, 0.2) is 53.3 Å². The number of nitrogens with zero attached hydrogens (tertiary/aromatic N) is 2. The Hall–Kier alpha value is -2.89. The summed E-state index contributed by atoms with van der Waals surface area (Å²) in [6.45, 7) is 0.376. The van der Waals surface area contributed by atoms with Crippen LogP contribution in [0.1, 0.15) is 5.56 Å². The van der Waals surface area contributed by atoms with E-state index < -0.39 is 4.92 Å². The molecule has 3 aromatic rings. The number of nitrogens with one attached hydrogen (secondary N) is 1. The number of aromatic nitrogens is 2. The molecule has 0 saturated heterocycles. The van der Waals surface area contributed by atoms with Gasteiger partial charge in [-0.1, -0.05) is 24.3 Å². The van der Waals surface area contributed by atoms with Crippen LogP contribution in [0.25, 0.3) is 11.0 Å². The largest absolute Gasteiger partial charge is 0.326 e. The predicted molar refractivity (Wildman–Crippen MR) is 74.8 cm³/mol. The van der Waals surface area contributed by atoms with Crippen molar-refractivity contribution >= 4 is 16.7 Å². The third kappa shape index (κ3) is 2.07. The fourth-order valence-corrected chi connectivity index (χ4v) is 2.17. The van der Waals surface area contributed by atoms with Crippen molar-refractivity contribution in [2.24, 2.45) is 0 Å². The second kappa shape index (κ2) is 4.65. The Bertz CT molecular complexity index is 831. The highest BCUT2D eigenvalue weighted by Crippen LogP contribution is 2.15. The van der Waals surface area contributed by atoms with Gasteiger partial charge in [-0.3, -0.25) is 14.7 Å². The molecule has 0 aliphatic heterocycles. The summed E-state index contributed by atoms with van der Waals surface area (Å²) >= 11 is 0. The van der Waals surface area contributed by atoms with Crippen molar-refractivity contribution in [1.82, 2.24) is 9.55 Å². The van der Waals surface area contributed by atoms with E-state index in [9.17, 15) is 14.9 Å². The summed E-state index contributed by atoms with van der Waals surface area (Å²) in [5.74, 6) is 0. The molecule has 1 heterocycles. The molecule has 20 heavy (non-hydrogen) atoms. The zero-order valence-electron chi connectivity index (χ0n) is 10.4. The molecule has 0 aliphatic rings. The van der Waals surface area contributed by atoms with E-state index in [4.69, 9.17) is 0 Å². The summed E-state index contributed by atoms with van der Waals surface area (Å²) in [6.07, 6.45) is 0. The van der Waals surface area contributed by atoms with Gasteiger partial charge in [0.05, 0.1) is 22.5 Å². The average molecular weight is 269 g/mol. The van der Waals surface area contributed by atoms with Crippen LogP contribution >= 0.6 is 0 Å². The van der Waals surface area contributed by atoms with Crippen LogP contribution in [0.4, 0.5) is 5.69 Å². The molecule has 1 N–H and O–H groups in total. The van der Waals surface area contributed by atoms with Gasteiger partial charge in [-0.05, 0) is 17.7 Å². The van der Waals surface area contributed by atoms with E-state index in [2.05, 4.69) is 4.98 Å². The third-order valence-corrected chi connectivity index (χ3v) is 3.17. The molecule has 3 rings (SSSR count). The van der Waals surface area contributed by atoms with Crippen molar-refractivity contribution in [1.29, 1.82) is 0 Å². The quantitative estimate of drug-likeness (QED) is 0.585. The van der Waals surface area contributed by atoms with E-state index in [0.717, 1.165) is 16.6 Å². The van der Waals surface area contributed by atoms with E-state index in [-0.39, 0.29) is 11.4 Å². The van der Waals surface area contributed by atoms with Crippen molar-refractivity contribution in [3.05, 3.63) is 74.7 Å². The number of nitro groups is 1. The normalized spacial score (nSPS) is 10.8. The fourth-order valence-electron chi connectivity index (χ4n) is 2.17. The number of imidazole rings is 1. The van der Waals surface area contributed by atoms with E-state index in [1.54, 1.807) is 16.7 Å². The summed E-state index contributed by atoms with van der Waals surface area (Å²) in [4.78, 5) is 24.9. The van der Waals surface area contributed by atoms with Crippen LogP contribution in [0, 0.1) is 10.1 Å². The first-order valence-electron chi connectivity index (χ1n) is 6.06. The second-order valence-electron chi connectivity index (χ2n) is 4.46. The van der Waals surface area contributed by atoms with Crippen LogP contribution in [0.2, 0.25) is 0 Å². The SMILES string of the molecule is O=c1[nH]c2ccccc2n1Cc1ccc([N+](=O)[O-])cc1. The summed E-state index contributed by atoms with van der Waals surface area (Å²) < 4.78 is 1.61. The average Bonchev–Trinajstić information content (AvgIpc) is 2.76. The Morgan fingerprint density at radius 3 is 2.50 bits per heavy atom. The Labute approximate surface area is 113 Å². The zero-order chi connectivity index (χ0) is 14.1. The number of H-pyrrole nitrogens is 1. The molecule has 0 saturated carbocycles. The van der Waals surface area contributed by atoms with Crippen molar-refractivity contribution in [3.63, 3.8) is 0 Å². The fraction of sp³-hybridized carbons (Fsp3) is 0.0714. The third-order valence-electron chi connectivity index (χ3n) is 3.17. The van der Waals surface area contributed by atoms with Gasteiger partial charge in [-0.15, -0.1) is 0 Å². The molecule has 6 heteroatoms. The number of fused-ring (bicyclic) bond motifs is 1. The highest BCUT2D eigenvalue weighted by Gasteiger charge is 2.08. The summed E-state index contributed by atoms with van der Waals surface area (Å²) in [7, 11) is 0. The van der Waals surface area contributed by atoms with Gasteiger partial charge in [-0.25, -0.2) is 4.79 Å². The van der Waals surface area contributed by atoms with E-state index in [1.165, 1.54) is 12.1 Å². The Balaban J connectivity index is 1.99.